The molecule has 1 aliphatic heterocycles. The molecule has 0 saturated heterocycles. The Morgan fingerprint density at radius 3 is 2.92 bits per heavy atom. The Bertz CT molecular complexity index is 983. The first kappa shape index (κ1) is 14.5. The van der Waals surface area contributed by atoms with E-state index in [2.05, 4.69) is 21.0 Å². The van der Waals surface area contributed by atoms with E-state index in [4.69, 9.17) is 0 Å². The van der Waals surface area contributed by atoms with Crippen molar-refractivity contribution in [3.8, 4) is 0 Å². The van der Waals surface area contributed by atoms with Crippen LogP contribution in [0.25, 0.3) is 11.2 Å². The fourth-order valence-corrected chi connectivity index (χ4v) is 2.90. The van der Waals surface area contributed by atoms with Crippen molar-refractivity contribution in [3.05, 3.63) is 71.9 Å². The third-order valence-electron chi connectivity index (χ3n) is 4.11. The zero-order valence-corrected chi connectivity index (χ0v) is 13.3. The smallest absolute Gasteiger partial charge is 0.172 e. The first-order valence-corrected chi connectivity index (χ1v) is 7.82. The summed E-state index contributed by atoms with van der Waals surface area (Å²) in [5.41, 5.74) is 5.19. The number of ketones is 1. The van der Waals surface area contributed by atoms with Crippen molar-refractivity contribution in [1.82, 2.24) is 14.4 Å². The molecule has 0 aromatic carbocycles. The van der Waals surface area contributed by atoms with Crippen LogP contribution in [-0.2, 0) is 6.42 Å². The van der Waals surface area contributed by atoms with Gasteiger partial charge in [-0.15, -0.1) is 0 Å². The van der Waals surface area contributed by atoms with Crippen molar-refractivity contribution in [3.63, 3.8) is 0 Å². The van der Waals surface area contributed by atoms with Crippen LogP contribution in [0.1, 0.15) is 28.5 Å². The highest BCUT2D eigenvalue weighted by atomic mass is 16.1. The van der Waals surface area contributed by atoms with E-state index < -0.39 is 0 Å². The fraction of sp³-hybridized carbons (Fsp3) is 0.158. The van der Waals surface area contributed by atoms with Crippen LogP contribution in [-0.4, -0.2) is 32.4 Å². The van der Waals surface area contributed by atoms with E-state index in [1.165, 1.54) is 0 Å². The van der Waals surface area contributed by atoms with Crippen molar-refractivity contribution in [1.29, 1.82) is 0 Å². The second-order valence-corrected chi connectivity index (χ2v) is 5.85. The summed E-state index contributed by atoms with van der Waals surface area (Å²) in [7, 11) is 0. The molecule has 5 heteroatoms. The number of carbonyl (C=O) groups excluding carboxylic acids is 1. The van der Waals surface area contributed by atoms with E-state index in [1.54, 1.807) is 12.4 Å². The second kappa shape index (κ2) is 5.85. The zero-order valence-electron chi connectivity index (χ0n) is 13.3. The van der Waals surface area contributed by atoms with Gasteiger partial charge in [-0.05, 0) is 42.3 Å². The monoisotopic (exact) mass is 316 g/mol. The Morgan fingerprint density at radius 2 is 2.17 bits per heavy atom. The number of Topliss-reactive ketones (excluding diaryl/α,β-unsaturated/α-hetero) is 1. The number of aromatic nitrogens is 3. The molecule has 3 aromatic rings. The molecule has 0 aliphatic carbocycles. The normalized spacial score (nSPS) is 13.9. The van der Waals surface area contributed by atoms with Crippen LogP contribution in [0.3, 0.4) is 0 Å². The summed E-state index contributed by atoms with van der Waals surface area (Å²) >= 11 is 0. The molecule has 0 bridgehead atoms. The first-order valence-electron chi connectivity index (χ1n) is 7.82. The van der Waals surface area contributed by atoms with Crippen molar-refractivity contribution >= 4 is 22.7 Å². The topological polar surface area (TPSA) is 59.6 Å². The molecule has 0 atom stereocenters. The first-order chi connectivity index (χ1) is 11.7. The van der Waals surface area contributed by atoms with Gasteiger partial charge in [-0.2, -0.15) is 0 Å². The summed E-state index contributed by atoms with van der Waals surface area (Å²) < 4.78 is 1.90. The number of allylic oxidation sites excluding steroid dienone is 1. The zero-order chi connectivity index (χ0) is 16.5. The number of hydrogen-bond donors (Lipinski definition) is 0. The summed E-state index contributed by atoms with van der Waals surface area (Å²) in [4.78, 5) is 25.8. The molecule has 3 aromatic heterocycles. The highest BCUT2D eigenvalue weighted by Gasteiger charge is 2.17. The van der Waals surface area contributed by atoms with Crippen LogP contribution in [0, 0.1) is 0 Å². The van der Waals surface area contributed by atoms with Gasteiger partial charge in [0, 0.05) is 36.2 Å². The van der Waals surface area contributed by atoms with Crippen LogP contribution in [0.5, 0.6) is 0 Å². The molecule has 4 rings (SSSR count). The van der Waals surface area contributed by atoms with E-state index >= 15 is 0 Å². The van der Waals surface area contributed by atoms with Crippen LogP contribution in [0.15, 0.2) is 60.1 Å². The van der Waals surface area contributed by atoms with Gasteiger partial charge >= 0.3 is 0 Å². The maximum atomic E-state index is 12.8. The molecule has 24 heavy (non-hydrogen) atoms. The lowest BCUT2D eigenvalue weighted by atomic mass is 10.0. The van der Waals surface area contributed by atoms with Gasteiger partial charge in [0.05, 0.1) is 18.5 Å². The summed E-state index contributed by atoms with van der Waals surface area (Å²) in [6.45, 7) is 2.63. The Kier molecular flexibility index (Phi) is 3.54. The molecule has 118 valence electrons. The largest absolute Gasteiger partial charge is 0.306 e. The summed E-state index contributed by atoms with van der Waals surface area (Å²) in [6, 6.07) is 7.52. The molecule has 4 heterocycles. The maximum Gasteiger partial charge on any atom is 0.172 e. The summed E-state index contributed by atoms with van der Waals surface area (Å²) in [6.07, 6.45) is 9.60. The van der Waals surface area contributed by atoms with Gasteiger partial charge in [-0.1, -0.05) is 6.07 Å². The van der Waals surface area contributed by atoms with Crippen molar-refractivity contribution in [2.75, 3.05) is 6.54 Å². The summed E-state index contributed by atoms with van der Waals surface area (Å²) in [5, 5.41) is 0. The predicted molar refractivity (Wildman–Crippen MR) is 93.4 cm³/mol. The summed E-state index contributed by atoms with van der Waals surface area (Å²) in [5.74, 6) is 0.0167. The molecule has 0 saturated carbocycles. The molecule has 0 N–H and O–H groups in total. The molecule has 1 aliphatic rings. The Balaban J connectivity index is 1.75. The quantitative estimate of drug-likeness (QED) is 0.695. The minimum Gasteiger partial charge on any atom is -0.306 e. The Labute approximate surface area is 139 Å². The third kappa shape index (κ3) is 2.65. The average Bonchev–Trinajstić information content (AvgIpc) is 3.23. The van der Waals surface area contributed by atoms with E-state index in [1.807, 2.05) is 48.0 Å². The third-order valence-corrected chi connectivity index (χ3v) is 4.11. The number of hydrogen-bond acceptors (Lipinski definition) is 4. The molecular formula is C19H16N4O. The van der Waals surface area contributed by atoms with Crippen LogP contribution >= 0.6 is 0 Å². The van der Waals surface area contributed by atoms with Crippen LogP contribution in [0.4, 0.5) is 0 Å². The van der Waals surface area contributed by atoms with Gasteiger partial charge in [-0.3, -0.25) is 14.8 Å². The van der Waals surface area contributed by atoms with Crippen LogP contribution in [0.2, 0.25) is 0 Å². The number of imidazole rings is 1. The lowest BCUT2D eigenvalue weighted by Gasteiger charge is -2.08. The van der Waals surface area contributed by atoms with Gasteiger partial charge in [-0.25, -0.2) is 4.98 Å². The van der Waals surface area contributed by atoms with Gasteiger partial charge in [0.1, 0.15) is 5.65 Å². The number of fused-ring (bicyclic) bond motifs is 1. The average molecular weight is 316 g/mol. The van der Waals surface area contributed by atoms with Gasteiger partial charge < -0.3 is 4.40 Å². The van der Waals surface area contributed by atoms with Crippen molar-refractivity contribution in [2.24, 2.45) is 4.99 Å². The van der Waals surface area contributed by atoms with Gasteiger partial charge in [0.2, 0.25) is 0 Å². The van der Waals surface area contributed by atoms with E-state index in [9.17, 15) is 4.79 Å². The minimum absolute atomic E-state index is 0.0167. The molecule has 0 fully saturated rings. The van der Waals surface area contributed by atoms with Crippen molar-refractivity contribution < 1.29 is 4.79 Å². The second-order valence-electron chi connectivity index (χ2n) is 5.85. The highest BCUT2D eigenvalue weighted by molar-refractivity contribution is 6.05. The molecule has 0 unspecified atom stereocenters. The number of rotatable bonds is 4. The number of pyridine rings is 2. The fourth-order valence-electron chi connectivity index (χ4n) is 2.90. The molecule has 0 amide bonds. The SMILES string of the molecule is CC1=NCC(c2cc(C(=O)Cc3ccccn3)c3nccn3c2)=C1. The number of carbonyl (C=O) groups is 1. The van der Waals surface area contributed by atoms with E-state index in [0.717, 1.165) is 22.5 Å². The van der Waals surface area contributed by atoms with E-state index in [0.29, 0.717) is 17.8 Å². The standard InChI is InChI=1S/C19H16N4O/c1-13-8-14(11-22-13)15-9-17(19-21-6-7-23(19)12-15)18(24)10-16-4-2-3-5-20-16/h2-9,12H,10-11H2,1H3. The predicted octanol–water partition coefficient (Wildman–Crippen LogP) is 3.01. The maximum absolute atomic E-state index is 12.8. The minimum atomic E-state index is 0.0167. The molecular weight excluding hydrogens is 300 g/mol. The van der Waals surface area contributed by atoms with Crippen molar-refractivity contribution in [2.45, 2.75) is 13.3 Å². The van der Waals surface area contributed by atoms with E-state index in [-0.39, 0.29) is 12.2 Å². The Morgan fingerprint density at radius 1 is 1.25 bits per heavy atom. The number of nitrogens with zero attached hydrogens (tertiary/aromatic N) is 4. The van der Waals surface area contributed by atoms with Crippen LogP contribution < -0.4 is 0 Å². The molecule has 0 spiro atoms. The highest BCUT2D eigenvalue weighted by Crippen LogP contribution is 2.23. The molecule has 0 radical (unpaired) electrons. The molecule has 5 nitrogen and oxygen atoms in total. The lowest BCUT2D eigenvalue weighted by molar-refractivity contribution is 0.0993. The van der Waals surface area contributed by atoms with Gasteiger partial charge in [0.15, 0.2) is 5.78 Å². The Hall–Kier alpha value is -3.08. The number of aliphatic imine (C=N–C) groups is 1. The lowest BCUT2D eigenvalue weighted by Crippen LogP contribution is -2.08. The van der Waals surface area contributed by atoms with Gasteiger partial charge in [0.25, 0.3) is 0 Å².